The van der Waals surface area contributed by atoms with Gasteiger partial charge in [0, 0.05) is 17.8 Å². The Morgan fingerprint density at radius 3 is 2.50 bits per heavy atom. The van der Waals surface area contributed by atoms with E-state index in [1.54, 1.807) is 0 Å². The molecule has 0 radical (unpaired) electrons. The van der Waals surface area contributed by atoms with Crippen LogP contribution in [0.25, 0.3) is 0 Å². The molecule has 0 saturated heterocycles. The molecule has 0 heterocycles. The minimum atomic E-state index is 0.858. The number of likely N-dealkylation sites (N-methyl/N-ethyl adjacent to an activating group) is 1. The minimum Gasteiger partial charge on any atom is -0.385 e. The molecule has 1 heteroatoms. The second kappa shape index (κ2) is 6.95. The molecule has 1 aliphatic rings. The molecule has 0 saturated carbocycles. The molecule has 0 aliphatic heterocycles. The van der Waals surface area contributed by atoms with Crippen molar-refractivity contribution in [3.05, 3.63) is 83.6 Å². The summed E-state index contributed by atoms with van der Waals surface area (Å²) in [5.74, 6) is 0. The number of hydrogen-bond donors (Lipinski definition) is 1. The van der Waals surface area contributed by atoms with Gasteiger partial charge >= 0.3 is 0 Å². The van der Waals surface area contributed by atoms with E-state index in [2.05, 4.69) is 61.8 Å². The molecule has 1 nitrogen and oxygen atoms in total. The summed E-state index contributed by atoms with van der Waals surface area (Å²) >= 11 is 0. The minimum absolute atomic E-state index is 0.858. The van der Waals surface area contributed by atoms with Gasteiger partial charge in [-0.15, -0.1) is 0 Å². The van der Waals surface area contributed by atoms with Gasteiger partial charge in [0.1, 0.15) is 0 Å². The van der Waals surface area contributed by atoms with Crippen molar-refractivity contribution in [2.24, 2.45) is 0 Å². The van der Waals surface area contributed by atoms with E-state index >= 15 is 0 Å². The van der Waals surface area contributed by atoms with Crippen molar-refractivity contribution in [3.8, 4) is 0 Å². The summed E-state index contributed by atoms with van der Waals surface area (Å²) in [5.41, 5.74) is 5.86. The van der Waals surface area contributed by atoms with Crippen LogP contribution in [0.15, 0.2) is 78.1 Å². The van der Waals surface area contributed by atoms with Crippen LogP contribution in [0.1, 0.15) is 25.3 Å². The topological polar surface area (TPSA) is 12.0 Å². The van der Waals surface area contributed by atoms with E-state index in [1.807, 2.05) is 6.07 Å². The maximum absolute atomic E-state index is 4.26. The average molecular weight is 265 g/mol. The van der Waals surface area contributed by atoms with Crippen LogP contribution in [-0.2, 0) is 6.42 Å². The Hall–Kier alpha value is -2.02. The Bertz CT molecular complexity index is 546. The highest BCUT2D eigenvalue weighted by molar-refractivity contribution is 5.55. The zero-order valence-corrected chi connectivity index (χ0v) is 12.3. The fraction of sp³-hybridized carbons (Fsp3) is 0.263. The van der Waals surface area contributed by atoms with Gasteiger partial charge in [-0.25, -0.2) is 0 Å². The van der Waals surface area contributed by atoms with Crippen molar-refractivity contribution in [1.82, 2.24) is 5.32 Å². The Labute approximate surface area is 122 Å². The SMILES string of the molecule is C=C(Cc1ccccc1)C(=C)C1=CCCC=C1NCC. The molecule has 104 valence electrons. The highest BCUT2D eigenvalue weighted by Gasteiger charge is 2.13. The van der Waals surface area contributed by atoms with E-state index in [-0.39, 0.29) is 0 Å². The maximum Gasteiger partial charge on any atom is 0.0375 e. The summed E-state index contributed by atoms with van der Waals surface area (Å²) in [6, 6.07) is 10.4. The molecule has 0 spiro atoms. The van der Waals surface area contributed by atoms with Gasteiger partial charge in [-0.3, -0.25) is 0 Å². The molecular formula is C19H23N. The zero-order valence-electron chi connectivity index (χ0n) is 12.3. The summed E-state index contributed by atoms with van der Waals surface area (Å²) in [7, 11) is 0. The first-order valence-corrected chi connectivity index (χ1v) is 7.28. The third kappa shape index (κ3) is 3.51. The van der Waals surface area contributed by atoms with Gasteiger partial charge in [-0.2, -0.15) is 0 Å². The summed E-state index contributed by atoms with van der Waals surface area (Å²) < 4.78 is 0. The van der Waals surface area contributed by atoms with Crippen LogP contribution in [0.4, 0.5) is 0 Å². The third-order valence-corrected chi connectivity index (χ3v) is 3.53. The monoisotopic (exact) mass is 265 g/mol. The van der Waals surface area contributed by atoms with Crippen LogP contribution >= 0.6 is 0 Å². The molecule has 0 aromatic heterocycles. The van der Waals surface area contributed by atoms with Crippen LogP contribution < -0.4 is 5.32 Å². The standard InChI is InChI=1S/C19H23N/c1-4-20-19-13-9-8-12-18(19)16(3)15(2)14-17-10-6-5-7-11-17/h5-7,10-13,20H,2-4,8-9,14H2,1H3. The molecule has 1 aliphatic carbocycles. The van der Waals surface area contributed by atoms with Gasteiger partial charge in [-0.05, 0) is 42.9 Å². The lowest BCUT2D eigenvalue weighted by Gasteiger charge is -2.20. The quantitative estimate of drug-likeness (QED) is 0.744. The first-order valence-electron chi connectivity index (χ1n) is 7.28. The fourth-order valence-corrected chi connectivity index (χ4v) is 2.46. The van der Waals surface area contributed by atoms with Crippen molar-refractivity contribution in [3.63, 3.8) is 0 Å². The number of benzene rings is 1. The van der Waals surface area contributed by atoms with Crippen molar-refractivity contribution >= 4 is 0 Å². The number of allylic oxidation sites excluding steroid dienone is 4. The summed E-state index contributed by atoms with van der Waals surface area (Å²) in [4.78, 5) is 0. The summed E-state index contributed by atoms with van der Waals surface area (Å²) in [6.45, 7) is 11.5. The van der Waals surface area contributed by atoms with E-state index in [1.165, 1.54) is 16.8 Å². The van der Waals surface area contributed by atoms with Gasteiger partial charge in [0.15, 0.2) is 0 Å². The molecule has 20 heavy (non-hydrogen) atoms. The molecule has 0 unspecified atom stereocenters. The van der Waals surface area contributed by atoms with Crippen molar-refractivity contribution in [1.29, 1.82) is 0 Å². The van der Waals surface area contributed by atoms with E-state index in [4.69, 9.17) is 0 Å². The Morgan fingerprint density at radius 1 is 1.10 bits per heavy atom. The van der Waals surface area contributed by atoms with Gasteiger partial charge < -0.3 is 5.32 Å². The Kier molecular flexibility index (Phi) is 5.00. The maximum atomic E-state index is 4.26. The highest BCUT2D eigenvalue weighted by Crippen LogP contribution is 2.28. The zero-order chi connectivity index (χ0) is 14.4. The number of hydrogen-bond acceptors (Lipinski definition) is 1. The van der Waals surface area contributed by atoms with Crippen LogP contribution in [0.5, 0.6) is 0 Å². The molecule has 0 bridgehead atoms. The second-order valence-corrected chi connectivity index (χ2v) is 5.09. The van der Waals surface area contributed by atoms with E-state index < -0.39 is 0 Å². The fourth-order valence-electron chi connectivity index (χ4n) is 2.46. The average Bonchev–Trinajstić information content (AvgIpc) is 2.48. The molecule has 0 amide bonds. The molecular weight excluding hydrogens is 242 g/mol. The third-order valence-electron chi connectivity index (χ3n) is 3.53. The van der Waals surface area contributed by atoms with Gasteiger partial charge in [0.2, 0.25) is 0 Å². The summed E-state index contributed by atoms with van der Waals surface area (Å²) in [6.07, 6.45) is 7.58. The van der Waals surface area contributed by atoms with Crippen molar-refractivity contribution < 1.29 is 0 Å². The first-order chi connectivity index (χ1) is 9.72. The lowest BCUT2D eigenvalue weighted by Crippen LogP contribution is -2.17. The van der Waals surface area contributed by atoms with Crippen molar-refractivity contribution in [2.45, 2.75) is 26.2 Å². The van der Waals surface area contributed by atoms with Gasteiger partial charge in [0.25, 0.3) is 0 Å². The molecule has 0 fully saturated rings. The van der Waals surface area contributed by atoms with Gasteiger partial charge in [0.05, 0.1) is 0 Å². The molecule has 1 aromatic rings. The van der Waals surface area contributed by atoms with Crippen LogP contribution in [0.2, 0.25) is 0 Å². The highest BCUT2D eigenvalue weighted by atomic mass is 14.9. The first kappa shape index (κ1) is 14.4. The predicted molar refractivity (Wildman–Crippen MR) is 87.5 cm³/mol. The van der Waals surface area contributed by atoms with E-state index in [0.717, 1.165) is 37.0 Å². The van der Waals surface area contributed by atoms with E-state index in [0.29, 0.717) is 0 Å². The Morgan fingerprint density at radius 2 is 1.80 bits per heavy atom. The number of rotatable bonds is 6. The summed E-state index contributed by atoms with van der Waals surface area (Å²) in [5, 5.41) is 3.43. The van der Waals surface area contributed by atoms with E-state index in [9.17, 15) is 0 Å². The van der Waals surface area contributed by atoms with Gasteiger partial charge in [-0.1, -0.05) is 55.6 Å². The predicted octanol–water partition coefficient (Wildman–Crippen LogP) is 4.56. The smallest absolute Gasteiger partial charge is 0.0375 e. The molecule has 0 atom stereocenters. The Balaban J connectivity index is 2.08. The van der Waals surface area contributed by atoms with Crippen LogP contribution in [0, 0.1) is 0 Å². The largest absolute Gasteiger partial charge is 0.385 e. The van der Waals surface area contributed by atoms with Crippen LogP contribution in [-0.4, -0.2) is 6.54 Å². The molecule has 2 rings (SSSR count). The van der Waals surface area contributed by atoms with Crippen LogP contribution in [0.3, 0.4) is 0 Å². The second-order valence-electron chi connectivity index (χ2n) is 5.09. The molecule has 1 N–H and O–H groups in total. The lowest BCUT2D eigenvalue weighted by molar-refractivity contribution is 0.832. The number of nitrogens with one attached hydrogen (secondary N) is 1. The normalized spacial score (nSPS) is 14.2. The lowest BCUT2D eigenvalue weighted by atomic mass is 9.90. The molecule has 1 aromatic carbocycles. The van der Waals surface area contributed by atoms with Crippen molar-refractivity contribution in [2.75, 3.05) is 6.54 Å².